The quantitative estimate of drug-likeness (QED) is 0.367. The van der Waals surface area contributed by atoms with E-state index in [1.54, 1.807) is 12.1 Å². The fraction of sp³-hybridized carbons (Fsp3) is 0.600. The highest BCUT2D eigenvalue weighted by atomic mass is 127. The molecule has 1 aromatic rings. The summed E-state index contributed by atoms with van der Waals surface area (Å²) < 4.78 is 45.5. The van der Waals surface area contributed by atoms with Crippen molar-refractivity contribution in [2.24, 2.45) is 0 Å². The predicted octanol–water partition coefficient (Wildman–Crippen LogP) is 3.16. The van der Waals surface area contributed by atoms with E-state index in [1.807, 2.05) is 12.1 Å². The van der Waals surface area contributed by atoms with Crippen molar-refractivity contribution in [2.45, 2.75) is 6.36 Å². The molecule has 8 heteroatoms. The Labute approximate surface area is 147 Å². The molecular formula is C15H20F3IN2O2. The van der Waals surface area contributed by atoms with Gasteiger partial charge in [-0.15, -0.1) is 13.2 Å². The van der Waals surface area contributed by atoms with Crippen LogP contribution in [0, 0.1) is 0 Å². The molecule has 1 aliphatic rings. The zero-order valence-corrected chi connectivity index (χ0v) is 14.8. The average molecular weight is 444 g/mol. The standard InChI is InChI=1S/C15H20F3IN2O2/c16-15(17,18)23-12-11-22-14-3-1-13(2-4-14)21-9-7-20(6-5-19)8-10-21/h1-4H,5-12H2. The molecule has 23 heavy (non-hydrogen) atoms. The maximum Gasteiger partial charge on any atom is 0.522 e. The third-order valence-corrected chi connectivity index (χ3v) is 4.08. The molecule has 0 aromatic heterocycles. The maximum absolute atomic E-state index is 11.8. The first-order valence-electron chi connectivity index (χ1n) is 7.45. The molecule has 1 aliphatic heterocycles. The first-order chi connectivity index (χ1) is 11.0. The summed E-state index contributed by atoms with van der Waals surface area (Å²) in [6, 6.07) is 7.43. The lowest BCUT2D eigenvalue weighted by Crippen LogP contribution is -2.46. The fourth-order valence-corrected chi connectivity index (χ4v) is 3.10. The molecule has 2 rings (SSSR count). The van der Waals surface area contributed by atoms with Crippen LogP contribution >= 0.6 is 22.6 Å². The molecule has 0 aliphatic carbocycles. The summed E-state index contributed by atoms with van der Waals surface area (Å²) in [5.74, 6) is 0.545. The van der Waals surface area contributed by atoms with Gasteiger partial charge in [-0.3, -0.25) is 9.64 Å². The van der Waals surface area contributed by atoms with Gasteiger partial charge in [-0.05, 0) is 24.3 Å². The van der Waals surface area contributed by atoms with Gasteiger partial charge in [0, 0.05) is 42.8 Å². The van der Waals surface area contributed by atoms with Crippen LogP contribution in [0.4, 0.5) is 18.9 Å². The van der Waals surface area contributed by atoms with Crippen molar-refractivity contribution in [1.29, 1.82) is 0 Å². The first kappa shape index (κ1) is 18.6. The Balaban J connectivity index is 1.74. The SMILES string of the molecule is FC(F)(F)OCCOc1ccc(N2CCN(CCI)CC2)cc1. The van der Waals surface area contributed by atoms with Crippen LogP contribution in [0.2, 0.25) is 0 Å². The molecule has 0 atom stereocenters. The highest BCUT2D eigenvalue weighted by Crippen LogP contribution is 2.21. The van der Waals surface area contributed by atoms with Gasteiger partial charge in [0.25, 0.3) is 0 Å². The minimum Gasteiger partial charge on any atom is -0.491 e. The summed E-state index contributed by atoms with van der Waals surface area (Å²) in [5, 5.41) is 0. The molecule has 0 radical (unpaired) electrons. The lowest BCUT2D eigenvalue weighted by atomic mass is 10.2. The van der Waals surface area contributed by atoms with Crippen LogP contribution in [0.3, 0.4) is 0 Å². The Morgan fingerprint density at radius 1 is 1.00 bits per heavy atom. The van der Waals surface area contributed by atoms with E-state index in [-0.39, 0.29) is 6.61 Å². The van der Waals surface area contributed by atoms with E-state index in [4.69, 9.17) is 4.74 Å². The third kappa shape index (κ3) is 6.72. The normalized spacial score (nSPS) is 16.6. The van der Waals surface area contributed by atoms with Gasteiger partial charge in [0.1, 0.15) is 12.4 Å². The molecule has 4 nitrogen and oxygen atoms in total. The van der Waals surface area contributed by atoms with E-state index in [9.17, 15) is 13.2 Å². The molecular weight excluding hydrogens is 424 g/mol. The molecule has 0 spiro atoms. The predicted molar refractivity (Wildman–Crippen MR) is 91.5 cm³/mol. The molecule has 1 fully saturated rings. The minimum absolute atomic E-state index is 0.131. The van der Waals surface area contributed by atoms with Crippen LogP contribution in [0.15, 0.2) is 24.3 Å². The van der Waals surface area contributed by atoms with Crippen molar-refractivity contribution in [3.05, 3.63) is 24.3 Å². The second kappa shape index (κ2) is 8.93. The van der Waals surface area contributed by atoms with E-state index in [2.05, 4.69) is 37.1 Å². The molecule has 130 valence electrons. The Kier molecular flexibility index (Phi) is 7.22. The van der Waals surface area contributed by atoms with Crippen molar-refractivity contribution >= 4 is 28.3 Å². The summed E-state index contributed by atoms with van der Waals surface area (Å²) in [6.07, 6.45) is -4.60. The summed E-state index contributed by atoms with van der Waals surface area (Å²) in [4.78, 5) is 4.75. The van der Waals surface area contributed by atoms with Gasteiger partial charge in [0.05, 0.1) is 6.61 Å². The second-order valence-electron chi connectivity index (χ2n) is 5.15. The first-order valence-corrected chi connectivity index (χ1v) is 8.97. The minimum atomic E-state index is -4.60. The lowest BCUT2D eigenvalue weighted by Gasteiger charge is -2.35. The van der Waals surface area contributed by atoms with Gasteiger partial charge in [-0.25, -0.2) is 0 Å². The Morgan fingerprint density at radius 3 is 2.22 bits per heavy atom. The molecule has 0 amide bonds. The summed E-state index contributed by atoms with van der Waals surface area (Å²) in [7, 11) is 0. The molecule has 1 heterocycles. The number of rotatable bonds is 7. The third-order valence-electron chi connectivity index (χ3n) is 3.59. The smallest absolute Gasteiger partial charge is 0.491 e. The summed E-state index contributed by atoms with van der Waals surface area (Å²) in [5.41, 5.74) is 1.11. The number of piperazine rings is 1. The van der Waals surface area contributed by atoms with E-state index < -0.39 is 13.0 Å². The Hall–Kier alpha value is -0.740. The van der Waals surface area contributed by atoms with Crippen LogP contribution in [0.5, 0.6) is 5.75 Å². The van der Waals surface area contributed by atoms with E-state index in [0.717, 1.165) is 42.8 Å². The van der Waals surface area contributed by atoms with Crippen molar-refractivity contribution in [3.63, 3.8) is 0 Å². The highest BCUT2D eigenvalue weighted by Gasteiger charge is 2.28. The van der Waals surface area contributed by atoms with Gasteiger partial charge in [-0.2, -0.15) is 0 Å². The largest absolute Gasteiger partial charge is 0.522 e. The zero-order valence-electron chi connectivity index (χ0n) is 12.7. The number of anilines is 1. The number of ether oxygens (including phenoxy) is 2. The number of alkyl halides is 4. The van der Waals surface area contributed by atoms with E-state index >= 15 is 0 Å². The Bertz CT molecular complexity index is 463. The number of hydrogen-bond donors (Lipinski definition) is 0. The highest BCUT2D eigenvalue weighted by molar-refractivity contribution is 14.1. The van der Waals surface area contributed by atoms with Crippen LogP contribution in [-0.2, 0) is 4.74 Å². The number of benzene rings is 1. The van der Waals surface area contributed by atoms with Gasteiger partial charge in [-0.1, -0.05) is 22.6 Å². The Morgan fingerprint density at radius 2 is 1.65 bits per heavy atom. The summed E-state index contributed by atoms with van der Waals surface area (Å²) >= 11 is 2.39. The van der Waals surface area contributed by atoms with Gasteiger partial charge in [0.2, 0.25) is 0 Å². The van der Waals surface area contributed by atoms with E-state index in [1.165, 1.54) is 0 Å². The van der Waals surface area contributed by atoms with Gasteiger partial charge >= 0.3 is 6.36 Å². The van der Waals surface area contributed by atoms with Crippen LogP contribution in [-0.4, -0.2) is 61.6 Å². The number of nitrogens with zero attached hydrogens (tertiary/aromatic N) is 2. The van der Waals surface area contributed by atoms with Crippen LogP contribution < -0.4 is 9.64 Å². The van der Waals surface area contributed by atoms with Gasteiger partial charge < -0.3 is 9.64 Å². The van der Waals surface area contributed by atoms with Crippen LogP contribution in [0.25, 0.3) is 0 Å². The molecule has 0 saturated carbocycles. The van der Waals surface area contributed by atoms with E-state index in [0.29, 0.717) is 5.75 Å². The lowest BCUT2D eigenvalue weighted by molar-refractivity contribution is -0.325. The molecule has 1 aromatic carbocycles. The summed E-state index contributed by atoms with van der Waals surface area (Å²) in [6.45, 7) is 4.55. The topological polar surface area (TPSA) is 24.9 Å². The molecule has 0 N–H and O–H groups in total. The van der Waals surface area contributed by atoms with Crippen molar-refractivity contribution < 1.29 is 22.6 Å². The monoisotopic (exact) mass is 444 g/mol. The molecule has 0 bridgehead atoms. The molecule has 0 unspecified atom stereocenters. The number of hydrogen-bond acceptors (Lipinski definition) is 4. The molecule has 1 saturated heterocycles. The van der Waals surface area contributed by atoms with Gasteiger partial charge in [0.15, 0.2) is 0 Å². The maximum atomic E-state index is 11.8. The van der Waals surface area contributed by atoms with Crippen molar-refractivity contribution in [1.82, 2.24) is 4.90 Å². The average Bonchev–Trinajstić information content (AvgIpc) is 2.52. The number of halogens is 4. The van der Waals surface area contributed by atoms with Crippen molar-refractivity contribution in [2.75, 3.05) is 55.3 Å². The van der Waals surface area contributed by atoms with Crippen LogP contribution in [0.1, 0.15) is 0 Å². The second-order valence-corrected chi connectivity index (χ2v) is 6.23. The fourth-order valence-electron chi connectivity index (χ4n) is 2.42. The van der Waals surface area contributed by atoms with Crippen molar-refractivity contribution in [3.8, 4) is 5.75 Å². The zero-order chi connectivity index (χ0) is 16.7.